The van der Waals surface area contributed by atoms with Crippen molar-refractivity contribution < 1.29 is 4.74 Å². The third kappa shape index (κ3) is 2.59. The van der Waals surface area contributed by atoms with Crippen LogP contribution in [0.15, 0.2) is 48.7 Å². The average molecular weight is 272 g/mol. The number of ether oxygens (including phenoxy) is 1. The van der Waals surface area contributed by atoms with Crippen molar-refractivity contribution in [3.05, 3.63) is 64.8 Å². The van der Waals surface area contributed by atoms with E-state index >= 15 is 0 Å². The van der Waals surface area contributed by atoms with Crippen LogP contribution in [0.2, 0.25) is 5.02 Å². The van der Waals surface area contributed by atoms with Crippen molar-refractivity contribution in [3.8, 4) is 5.75 Å². The maximum atomic E-state index is 6.19. The summed E-state index contributed by atoms with van der Waals surface area (Å²) >= 11 is 6.19. The number of halogens is 1. The van der Waals surface area contributed by atoms with Gasteiger partial charge in [0.1, 0.15) is 12.4 Å². The van der Waals surface area contributed by atoms with Crippen LogP contribution in [0.5, 0.6) is 5.75 Å². The number of aromatic nitrogens is 1. The third-order valence-electron chi connectivity index (χ3n) is 3.13. The van der Waals surface area contributed by atoms with Gasteiger partial charge < -0.3 is 9.72 Å². The molecule has 2 nitrogen and oxygen atoms in total. The van der Waals surface area contributed by atoms with Crippen molar-refractivity contribution in [2.75, 3.05) is 0 Å². The molecule has 96 valence electrons. The van der Waals surface area contributed by atoms with Gasteiger partial charge in [-0.3, -0.25) is 0 Å². The highest BCUT2D eigenvalue weighted by molar-refractivity contribution is 6.31. The highest BCUT2D eigenvalue weighted by Crippen LogP contribution is 2.23. The van der Waals surface area contributed by atoms with Crippen molar-refractivity contribution in [1.82, 2.24) is 4.98 Å². The lowest BCUT2D eigenvalue weighted by atomic mass is 10.1. The molecule has 2 aromatic carbocycles. The number of aryl methyl sites for hydroxylation is 1. The summed E-state index contributed by atoms with van der Waals surface area (Å²) in [6.45, 7) is 2.51. The second-order valence-corrected chi connectivity index (χ2v) is 5.02. The number of benzene rings is 2. The Morgan fingerprint density at radius 2 is 2.00 bits per heavy atom. The number of aromatic amines is 1. The Kier molecular flexibility index (Phi) is 3.18. The molecule has 1 aromatic heterocycles. The second-order valence-electron chi connectivity index (χ2n) is 4.61. The zero-order valence-electron chi connectivity index (χ0n) is 10.6. The first-order chi connectivity index (χ1) is 9.22. The molecular formula is C16H14ClNO. The predicted molar refractivity (Wildman–Crippen MR) is 78.8 cm³/mol. The van der Waals surface area contributed by atoms with Gasteiger partial charge in [-0.2, -0.15) is 0 Å². The van der Waals surface area contributed by atoms with Crippen LogP contribution in [-0.4, -0.2) is 4.98 Å². The van der Waals surface area contributed by atoms with Gasteiger partial charge in [0.2, 0.25) is 0 Å². The molecule has 0 aliphatic carbocycles. The lowest BCUT2D eigenvalue weighted by Crippen LogP contribution is -1.96. The van der Waals surface area contributed by atoms with Gasteiger partial charge in [0.05, 0.1) is 0 Å². The van der Waals surface area contributed by atoms with Crippen LogP contribution in [0, 0.1) is 6.92 Å². The Bertz CT molecular complexity index is 718. The molecule has 0 saturated carbocycles. The van der Waals surface area contributed by atoms with Crippen molar-refractivity contribution in [3.63, 3.8) is 0 Å². The van der Waals surface area contributed by atoms with Gasteiger partial charge in [0.25, 0.3) is 0 Å². The fourth-order valence-corrected chi connectivity index (χ4v) is 2.34. The minimum absolute atomic E-state index is 0.481. The molecule has 19 heavy (non-hydrogen) atoms. The number of hydrogen-bond donors (Lipinski definition) is 1. The summed E-state index contributed by atoms with van der Waals surface area (Å²) in [4.78, 5) is 3.16. The molecule has 0 saturated heterocycles. The standard InChI is InChI=1S/C16H14ClNO/c1-11-2-3-13(15(17)8-11)10-19-14-4-5-16-12(9-14)6-7-18-16/h2-9,18H,10H2,1H3. The summed E-state index contributed by atoms with van der Waals surface area (Å²) in [5.74, 6) is 0.851. The summed E-state index contributed by atoms with van der Waals surface area (Å²) in [5.41, 5.74) is 3.27. The largest absolute Gasteiger partial charge is 0.489 e. The van der Waals surface area contributed by atoms with Crippen LogP contribution in [-0.2, 0) is 6.61 Å². The summed E-state index contributed by atoms with van der Waals surface area (Å²) < 4.78 is 5.79. The highest BCUT2D eigenvalue weighted by Gasteiger charge is 2.03. The van der Waals surface area contributed by atoms with Crippen LogP contribution in [0.25, 0.3) is 10.9 Å². The van der Waals surface area contributed by atoms with Crippen LogP contribution in [0.4, 0.5) is 0 Å². The molecule has 0 bridgehead atoms. The Morgan fingerprint density at radius 3 is 2.84 bits per heavy atom. The smallest absolute Gasteiger partial charge is 0.120 e. The van der Waals surface area contributed by atoms with Crippen LogP contribution < -0.4 is 4.74 Å². The van der Waals surface area contributed by atoms with Gasteiger partial charge in [0, 0.05) is 27.7 Å². The first kappa shape index (κ1) is 12.1. The third-order valence-corrected chi connectivity index (χ3v) is 3.48. The minimum Gasteiger partial charge on any atom is -0.489 e. The molecule has 3 aromatic rings. The number of nitrogens with one attached hydrogen (secondary N) is 1. The van der Waals surface area contributed by atoms with E-state index in [0.717, 1.165) is 32.8 Å². The summed E-state index contributed by atoms with van der Waals surface area (Å²) in [6, 6.07) is 14.0. The first-order valence-corrected chi connectivity index (χ1v) is 6.55. The zero-order valence-corrected chi connectivity index (χ0v) is 11.4. The van der Waals surface area contributed by atoms with Crippen LogP contribution in [0.3, 0.4) is 0 Å². The molecular weight excluding hydrogens is 258 g/mol. The molecule has 3 heteroatoms. The number of H-pyrrole nitrogens is 1. The monoisotopic (exact) mass is 271 g/mol. The quantitative estimate of drug-likeness (QED) is 0.733. The molecule has 1 N–H and O–H groups in total. The fraction of sp³-hybridized carbons (Fsp3) is 0.125. The summed E-state index contributed by atoms with van der Waals surface area (Å²) in [6.07, 6.45) is 1.92. The topological polar surface area (TPSA) is 25.0 Å². The second kappa shape index (κ2) is 4.98. The number of rotatable bonds is 3. The SMILES string of the molecule is Cc1ccc(COc2ccc3[nH]ccc3c2)c(Cl)c1. The van der Waals surface area contributed by atoms with Gasteiger partial charge >= 0.3 is 0 Å². The van der Waals surface area contributed by atoms with E-state index in [4.69, 9.17) is 16.3 Å². The molecule has 0 unspecified atom stereocenters. The van der Waals surface area contributed by atoms with E-state index in [9.17, 15) is 0 Å². The lowest BCUT2D eigenvalue weighted by Gasteiger charge is -2.08. The van der Waals surface area contributed by atoms with Gasteiger partial charge in [-0.1, -0.05) is 23.7 Å². The van der Waals surface area contributed by atoms with Gasteiger partial charge in [-0.15, -0.1) is 0 Å². The van der Waals surface area contributed by atoms with E-state index in [-0.39, 0.29) is 0 Å². The van der Waals surface area contributed by atoms with Gasteiger partial charge in [-0.25, -0.2) is 0 Å². The normalized spacial score (nSPS) is 10.8. The Hall–Kier alpha value is -1.93. The number of hydrogen-bond acceptors (Lipinski definition) is 1. The van der Waals surface area contributed by atoms with E-state index in [2.05, 4.69) is 4.98 Å². The molecule has 0 aliphatic rings. The maximum Gasteiger partial charge on any atom is 0.120 e. The predicted octanol–water partition coefficient (Wildman–Crippen LogP) is 4.71. The van der Waals surface area contributed by atoms with E-state index in [1.807, 2.05) is 55.6 Å². The Balaban J connectivity index is 1.77. The van der Waals surface area contributed by atoms with Crippen LogP contribution >= 0.6 is 11.6 Å². The Morgan fingerprint density at radius 1 is 1.11 bits per heavy atom. The van der Waals surface area contributed by atoms with Gasteiger partial charge in [-0.05, 0) is 42.8 Å². The molecule has 0 aliphatic heterocycles. The van der Waals surface area contributed by atoms with Crippen LogP contribution in [0.1, 0.15) is 11.1 Å². The first-order valence-electron chi connectivity index (χ1n) is 6.17. The zero-order chi connectivity index (χ0) is 13.2. The van der Waals surface area contributed by atoms with E-state index in [1.165, 1.54) is 0 Å². The maximum absolute atomic E-state index is 6.19. The molecule has 0 amide bonds. The van der Waals surface area contributed by atoms with Crippen molar-refractivity contribution in [2.45, 2.75) is 13.5 Å². The molecule has 0 fully saturated rings. The summed E-state index contributed by atoms with van der Waals surface area (Å²) in [7, 11) is 0. The summed E-state index contributed by atoms with van der Waals surface area (Å²) in [5, 5.41) is 1.90. The molecule has 0 atom stereocenters. The van der Waals surface area contributed by atoms with Crippen molar-refractivity contribution >= 4 is 22.5 Å². The highest BCUT2D eigenvalue weighted by atomic mass is 35.5. The van der Waals surface area contributed by atoms with Crippen molar-refractivity contribution in [1.29, 1.82) is 0 Å². The molecule has 1 heterocycles. The van der Waals surface area contributed by atoms with Gasteiger partial charge in [0.15, 0.2) is 0 Å². The van der Waals surface area contributed by atoms with E-state index < -0.39 is 0 Å². The van der Waals surface area contributed by atoms with E-state index in [0.29, 0.717) is 6.61 Å². The Labute approximate surface area is 117 Å². The minimum atomic E-state index is 0.481. The lowest BCUT2D eigenvalue weighted by molar-refractivity contribution is 0.306. The average Bonchev–Trinajstić information content (AvgIpc) is 2.85. The molecule has 0 radical (unpaired) electrons. The molecule has 3 rings (SSSR count). The number of fused-ring (bicyclic) bond motifs is 1. The van der Waals surface area contributed by atoms with E-state index in [1.54, 1.807) is 0 Å². The molecule has 0 spiro atoms. The van der Waals surface area contributed by atoms with Crippen molar-refractivity contribution in [2.24, 2.45) is 0 Å². The fourth-order valence-electron chi connectivity index (χ4n) is 2.05.